The number of rotatable bonds is 3. The van der Waals surface area contributed by atoms with Crippen LogP contribution < -0.4 is 15.4 Å². The Kier molecular flexibility index (Phi) is 4.86. The number of aryl methyl sites for hydroxylation is 1. The van der Waals surface area contributed by atoms with E-state index in [1.807, 2.05) is 48.2 Å². The first-order valence-electron chi connectivity index (χ1n) is 10.6. The van der Waals surface area contributed by atoms with Gasteiger partial charge in [0, 0.05) is 19.0 Å². The van der Waals surface area contributed by atoms with Crippen LogP contribution in [-0.4, -0.2) is 29.4 Å². The van der Waals surface area contributed by atoms with Crippen molar-refractivity contribution in [1.82, 2.24) is 9.55 Å². The molecule has 0 bridgehead atoms. The number of thiophene rings is 1. The summed E-state index contributed by atoms with van der Waals surface area (Å²) in [4.78, 5) is 36.6. The number of hydrogen-bond acceptors (Lipinski definition) is 7. The molecule has 0 amide bonds. The number of carbonyl (C=O) groups is 1. The molecule has 2 aromatic heterocycles. The van der Waals surface area contributed by atoms with E-state index < -0.39 is 5.78 Å². The molecule has 1 aliphatic heterocycles. The fourth-order valence-corrected chi connectivity index (χ4v) is 6.11. The molecule has 0 saturated heterocycles. The Morgan fingerprint density at radius 3 is 2.59 bits per heavy atom. The summed E-state index contributed by atoms with van der Waals surface area (Å²) in [6.07, 6.45) is 4.33. The average molecular weight is 446 g/mol. The van der Waals surface area contributed by atoms with Crippen molar-refractivity contribution in [2.75, 3.05) is 23.9 Å². The molecule has 3 aromatic rings. The minimum atomic E-state index is -0.407. The Bertz CT molecular complexity index is 1360. The Balaban J connectivity index is 1.53. The molecule has 0 fully saturated rings. The van der Waals surface area contributed by atoms with Gasteiger partial charge in [0.2, 0.25) is 0 Å². The summed E-state index contributed by atoms with van der Waals surface area (Å²) >= 11 is 1.59. The zero-order chi connectivity index (χ0) is 22.6. The molecule has 2 aliphatic rings. The fourth-order valence-electron chi connectivity index (χ4n) is 4.77. The number of allylic oxidation sites excluding steroid dienone is 1. The summed E-state index contributed by atoms with van der Waals surface area (Å²) in [5.41, 5.74) is 2.76. The topological polar surface area (TPSA) is 82.2 Å². The quantitative estimate of drug-likeness (QED) is 0.454. The molecule has 0 spiro atoms. The highest BCUT2D eigenvalue weighted by Crippen LogP contribution is 2.40. The predicted octanol–water partition coefficient (Wildman–Crippen LogP) is 3.47. The van der Waals surface area contributed by atoms with Crippen molar-refractivity contribution in [3.05, 3.63) is 62.8 Å². The number of fused-ring (bicyclic) bond motifs is 4. The van der Waals surface area contributed by atoms with Crippen molar-refractivity contribution < 1.29 is 4.79 Å². The van der Waals surface area contributed by atoms with Crippen molar-refractivity contribution in [3.8, 4) is 6.07 Å². The van der Waals surface area contributed by atoms with Crippen LogP contribution in [-0.2, 0) is 24.2 Å². The minimum Gasteiger partial charge on any atom is -0.328 e. The zero-order valence-corrected chi connectivity index (χ0v) is 19.1. The van der Waals surface area contributed by atoms with E-state index in [0.29, 0.717) is 17.1 Å². The van der Waals surface area contributed by atoms with Gasteiger partial charge in [0.1, 0.15) is 22.3 Å². The number of aromatic nitrogens is 2. The third-order valence-corrected chi connectivity index (χ3v) is 7.61. The lowest BCUT2D eigenvalue weighted by atomic mass is 9.89. The number of benzene rings is 1. The first kappa shape index (κ1) is 20.5. The smallest absolute Gasteiger partial charge is 0.262 e. The van der Waals surface area contributed by atoms with Gasteiger partial charge in [0.05, 0.1) is 29.6 Å². The van der Waals surface area contributed by atoms with Crippen LogP contribution in [0.4, 0.5) is 11.4 Å². The molecule has 1 aliphatic carbocycles. The lowest BCUT2D eigenvalue weighted by Crippen LogP contribution is -2.30. The van der Waals surface area contributed by atoms with Crippen molar-refractivity contribution in [2.45, 2.75) is 32.7 Å². The third-order valence-electron chi connectivity index (χ3n) is 6.45. The number of nitrogens with zero attached hydrogens (tertiary/aromatic N) is 5. The molecular weight excluding hydrogens is 422 g/mol. The molecule has 5 rings (SSSR count). The third kappa shape index (κ3) is 3.04. The maximum Gasteiger partial charge on any atom is 0.262 e. The second-order valence-electron chi connectivity index (χ2n) is 8.55. The van der Waals surface area contributed by atoms with E-state index in [-0.39, 0.29) is 17.7 Å². The van der Waals surface area contributed by atoms with Crippen LogP contribution in [0.2, 0.25) is 0 Å². The molecule has 162 valence electrons. The largest absolute Gasteiger partial charge is 0.328 e. The fraction of sp³-hybridized carbons (Fsp3) is 0.333. The van der Waals surface area contributed by atoms with Gasteiger partial charge in [-0.15, -0.1) is 11.3 Å². The van der Waals surface area contributed by atoms with Crippen LogP contribution in [0.3, 0.4) is 0 Å². The molecule has 0 radical (unpaired) electrons. The van der Waals surface area contributed by atoms with Crippen LogP contribution in [0.25, 0.3) is 10.2 Å². The lowest BCUT2D eigenvalue weighted by molar-refractivity contribution is -0.115. The molecular formula is C24H23N5O2S. The Morgan fingerprint density at radius 1 is 1.25 bits per heavy atom. The molecule has 32 heavy (non-hydrogen) atoms. The SMILES string of the molecule is CC1CCc2c(sc3ncn(CC(=O)C(C#N)=C4N(C)c5ccccc5N4C)c(=O)c23)C1. The summed E-state index contributed by atoms with van der Waals surface area (Å²) < 4.78 is 1.34. The number of carbonyl (C=O) groups excluding carboxylic acids is 1. The molecule has 0 saturated carbocycles. The van der Waals surface area contributed by atoms with E-state index in [9.17, 15) is 14.9 Å². The molecule has 3 heterocycles. The van der Waals surface area contributed by atoms with Crippen molar-refractivity contribution in [3.63, 3.8) is 0 Å². The second kappa shape index (κ2) is 7.61. The van der Waals surface area contributed by atoms with Gasteiger partial charge in [-0.25, -0.2) is 4.98 Å². The number of Topliss-reactive ketones (excluding diaryl/α,β-unsaturated/α-hetero) is 1. The first-order chi connectivity index (χ1) is 15.4. The maximum atomic E-state index is 13.3. The number of para-hydroxylation sites is 2. The maximum absolute atomic E-state index is 13.3. The van der Waals surface area contributed by atoms with Gasteiger partial charge in [0.25, 0.3) is 5.56 Å². The summed E-state index contributed by atoms with van der Waals surface area (Å²) in [7, 11) is 3.67. The number of anilines is 2. The van der Waals surface area contributed by atoms with E-state index in [0.717, 1.165) is 41.0 Å². The zero-order valence-electron chi connectivity index (χ0n) is 18.3. The van der Waals surface area contributed by atoms with E-state index in [4.69, 9.17) is 0 Å². The van der Waals surface area contributed by atoms with Gasteiger partial charge in [0.15, 0.2) is 5.78 Å². The molecule has 1 atom stereocenters. The van der Waals surface area contributed by atoms with E-state index in [1.165, 1.54) is 15.8 Å². The molecule has 1 aromatic carbocycles. The van der Waals surface area contributed by atoms with E-state index in [1.54, 1.807) is 11.3 Å². The lowest BCUT2D eigenvalue weighted by Gasteiger charge is -2.20. The monoisotopic (exact) mass is 445 g/mol. The highest BCUT2D eigenvalue weighted by molar-refractivity contribution is 7.18. The van der Waals surface area contributed by atoms with Crippen molar-refractivity contribution >= 4 is 38.7 Å². The van der Waals surface area contributed by atoms with Crippen LogP contribution in [0, 0.1) is 17.2 Å². The van der Waals surface area contributed by atoms with Gasteiger partial charge >= 0.3 is 0 Å². The standard InChI is InChI=1S/C24H23N5O2S/c1-14-8-9-15-20(10-14)32-22-21(15)24(31)29(13-26-22)12-19(30)16(11-25)23-27(2)17-6-4-5-7-18(17)28(23)3/h4-7,13-14H,8-10,12H2,1-3H3. The Labute approximate surface area is 189 Å². The molecule has 1 unspecified atom stereocenters. The second-order valence-corrected chi connectivity index (χ2v) is 9.63. The summed E-state index contributed by atoms with van der Waals surface area (Å²) in [6, 6.07) is 9.81. The van der Waals surface area contributed by atoms with Gasteiger partial charge in [-0.3, -0.25) is 14.2 Å². The van der Waals surface area contributed by atoms with Gasteiger partial charge in [-0.2, -0.15) is 5.26 Å². The van der Waals surface area contributed by atoms with Gasteiger partial charge in [-0.05, 0) is 42.9 Å². The molecule has 0 N–H and O–H groups in total. The molecule has 8 heteroatoms. The highest BCUT2D eigenvalue weighted by atomic mass is 32.1. The molecule has 7 nitrogen and oxygen atoms in total. The van der Waals surface area contributed by atoms with Crippen LogP contribution >= 0.6 is 11.3 Å². The summed E-state index contributed by atoms with van der Waals surface area (Å²) in [6.45, 7) is 2.01. The Hall–Kier alpha value is -3.44. The van der Waals surface area contributed by atoms with Gasteiger partial charge in [-0.1, -0.05) is 19.1 Å². The first-order valence-corrected chi connectivity index (χ1v) is 11.5. The average Bonchev–Trinajstić information content (AvgIpc) is 3.27. The number of ketones is 1. The van der Waals surface area contributed by atoms with E-state index in [2.05, 4.69) is 18.0 Å². The van der Waals surface area contributed by atoms with E-state index >= 15 is 0 Å². The highest BCUT2D eigenvalue weighted by Gasteiger charge is 2.31. The van der Waals surface area contributed by atoms with Crippen molar-refractivity contribution in [2.24, 2.45) is 5.92 Å². The summed E-state index contributed by atoms with van der Waals surface area (Å²) in [5.74, 6) is 0.714. The van der Waals surface area contributed by atoms with Crippen LogP contribution in [0.15, 0.2) is 46.8 Å². The normalized spacial score (nSPS) is 17.3. The van der Waals surface area contributed by atoms with Crippen molar-refractivity contribution in [1.29, 1.82) is 5.26 Å². The van der Waals surface area contributed by atoms with Crippen LogP contribution in [0.5, 0.6) is 0 Å². The Morgan fingerprint density at radius 2 is 1.94 bits per heavy atom. The minimum absolute atomic E-state index is 0.0272. The number of nitriles is 1. The van der Waals surface area contributed by atoms with Crippen LogP contribution in [0.1, 0.15) is 23.8 Å². The van der Waals surface area contributed by atoms with Gasteiger partial charge < -0.3 is 9.80 Å². The number of hydrogen-bond donors (Lipinski definition) is 0. The predicted molar refractivity (Wildman–Crippen MR) is 126 cm³/mol. The summed E-state index contributed by atoms with van der Waals surface area (Å²) in [5, 5.41) is 10.5.